The number of aromatic nitrogens is 3. The van der Waals surface area contributed by atoms with E-state index in [1.54, 1.807) is 6.08 Å². The molecule has 0 bridgehead atoms. The molecule has 2 atom stereocenters. The first-order valence-corrected chi connectivity index (χ1v) is 12.5. The number of allylic oxidation sites excluding steroid dienone is 1. The van der Waals surface area contributed by atoms with Gasteiger partial charge in [-0.05, 0) is 57.9 Å². The Morgan fingerprint density at radius 2 is 1.97 bits per heavy atom. The van der Waals surface area contributed by atoms with Crippen molar-refractivity contribution in [1.82, 2.24) is 29.7 Å². The Morgan fingerprint density at radius 3 is 2.72 bits per heavy atom. The molecule has 0 radical (unpaired) electrons. The number of carbonyl (C=O) groups is 1. The van der Waals surface area contributed by atoms with E-state index in [-0.39, 0.29) is 11.7 Å². The fourth-order valence-electron chi connectivity index (χ4n) is 4.92. The highest BCUT2D eigenvalue weighted by atomic mass is 31.1. The summed E-state index contributed by atoms with van der Waals surface area (Å²) >= 11 is 0. The van der Waals surface area contributed by atoms with E-state index >= 15 is 0 Å². The number of aryl methyl sites for hydroxylation is 2. The van der Waals surface area contributed by atoms with Crippen molar-refractivity contribution in [3.63, 3.8) is 0 Å². The van der Waals surface area contributed by atoms with Gasteiger partial charge in [-0.25, -0.2) is 4.52 Å². The van der Waals surface area contributed by atoms with Crippen LogP contribution in [-0.2, 0) is 4.79 Å². The minimum Gasteiger partial charge on any atom is -0.370 e. The molecule has 2 aromatic heterocycles. The lowest BCUT2D eigenvalue weighted by Crippen LogP contribution is -2.44. The Kier molecular flexibility index (Phi) is 5.64. The number of nitrogens with one attached hydrogen (secondary N) is 1. The van der Waals surface area contributed by atoms with Gasteiger partial charge in [-0.2, -0.15) is 5.10 Å². The predicted molar refractivity (Wildman–Crippen MR) is 129 cm³/mol. The van der Waals surface area contributed by atoms with Gasteiger partial charge in [0.2, 0.25) is 0 Å². The summed E-state index contributed by atoms with van der Waals surface area (Å²) < 4.78 is 1.88. The van der Waals surface area contributed by atoms with Gasteiger partial charge in [0.05, 0.1) is 40.3 Å². The maximum absolute atomic E-state index is 13.2. The number of rotatable bonds is 4. The lowest BCUT2D eigenvalue weighted by molar-refractivity contribution is -0.124. The van der Waals surface area contributed by atoms with Crippen LogP contribution in [0.15, 0.2) is 41.9 Å². The third kappa shape index (κ3) is 3.89. The Balaban J connectivity index is 1.39. The van der Waals surface area contributed by atoms with Crippen LogP contribution in [0.5, 0.6) is 0 Å². The van der Waals surface area contributed by atoms with Gasteiger partial charge in [-0.1, -0.05) is 15.5 Å². The minimum atomic E-state index is 0.0410. The molecule has 8 heteroatoms. The molecule has 1 saturated heterocycles. The molecule has 1 fully saturated rings. The van der Waals surface area contributed by atoms with E-state index in [4.69, 9.17) is 5.10 Å². The first-order chi connectivity index (χ1) is 15.4. The fourth-order valence-corrected chi connectivity index (χ4v) is 6.34. The number of fused-ring (bicyclic) bond motifs is 2. The van der Waals surface area contributed by atoms with E-state index in [1.165, 1.54) is 5.57 Å². The monoisotopic (exact) mass is 450 g/mol. The van der Waals surface area contributed by atoms with Crippen LogP contribution in [0.2, 0.25) is 0 Å². The molecule has 0 aromatic carbocycles. The zero-order chi connectivity index (χ0) is 22.4. The highest BCUT2D eigenvalue weighted by Crippen LogP contribution is 2.47. The molecule has 7 nitrogen and oxygen atoms in total. The first kappa shape index (κ1) is 21.4. The van der Waals surface area contributed by atoms with Crippen molar-refractivity contribution in [1.29, 1.82) is 0 Å². The van der Waals surface area contributed by atoms with Gasteiger partial charge in [-0.3, -0.25) is 9.78 Å². The minimum absolute atomic E-state index is 0.0410. The molecule has 2 unspecified atom stereocenters. The molecule has 0 saturated carbocycles. The average molecular weight is 451 g/mol. The molecule has 5 heterocycles. The largest absolute Gasteiger partial charge is 0.370 e. The number of nitrogens with zero attached hydrogens (tertiary/aromatic N) is 5. The van der Waals surface area contributed by atoms with E-state index in [2.05, 4.69) is 47.4 Å². The summed E-state index contributed by atoms with van der Waals surface area (Å²) in [5, 5.41) is 9.34. The number of carbonyl (C=O) groups excluding carboxylic acids is 1. The summed E-state index contributed by atoms with van der Waals surface area (Å²) in [5.74, 6) is 0.121. The highest BCUT2D eigenvalue weighted by Gasteiger charge is 2.34. The predicted octanol–water partition coefficient (Wildman–Crippen LogP) is 3.41. The summed E-state index contributed by atoms with van der Waals surface area (Å²) in [6.45, 7) is 11.4. The normalized spacial score (nSPS) is 22.8. The molecule has 32 heavy (non-hydrogen) atoms. The van der Waals surface area contributed by atoms with Crippen LogP contribution in [0.3, 0.4) is 0 Å². The smallest absolute Gasteiger partial charge is 0.252 e. The van der Waals surface area contributed by atoms with Crippen LogP contribution in [0.25, 0.3) is 10.8 Å². The van der Waals surface area contributed by atoms with Crippen LogP contribution < -0.4 is 5.32 Å². The lowest BCUT2D eigenvalue weighted by atomic mass is 10.0. The molecule has 168 valence electrons. The van der Waals surface area contributed by atoms with E-state index in [0.717, 1.165) is 66.1 Å². The topological polar surface area (TPSA) is 65.8 Å². The van der Waals surface area contributed by atoms with Crippen LogP contribution in [0.1, 0.15) is 43.8 Å². The summed E-state index contributed by atoms with van der Waals surface area (Å²) in [6, 6.07) is 2.66. The molecule has 1 N–H and O–H groups in total. The number of piperidine rings is 1. The van der Waals surface area contributed by atoms with Gasteiger partial charge >= 0.3 is 0 Å². The standard InChI is InChI=1S/C24H31N6OP/c1-5-25-18-6-8-28(9-7-18)19-10-15(2)24-29(14-19)23(31)12-22(32-24)20-11-21-17(4)26-16(3)13-30(21)27-20/h10-14,18,24-25,32H,5-9H2,1-4H3. The number of hydrogen-bond acceptors (Lipinski definition) is 5. The van der Waals surface area contributed by atoms with E-state index in [0.29, 0.717) is 14.6 Å². The third-order valence-electron chi connectivity index (χ3n) is 6.56. The van der Waals surface area contributed by atoms with Crippen molar-refractivity contribution in [3.05, 3.63) is 59.0 Å². The van der Waals surface area contributed by atoms with Crippen LogP contribution >= 0.6 is 8.58 Å². The van der Waals surface area contributed by atoms with Crippen molar-refractivity contribution >= 4 is 25.3 Å². The van der Waals surface area contributed by atoms with Crippen LogP contribution in [-0.4, -0.2) is 61.8 Å². The van der Waals surface area contributed by atoms with Gasteiger partial charge < -0.3 is 15.1 Å². The van der Waals surface area contributed by atoms with Crippen molar-refractivity contribution in [2.45, 2.75) is 52.4 Å². The Labute approximate surface area is 191 Å². The van der Waals surface area contributed by atoms with Gasteiger partial charge in [0.1, 0.15) is 0 Å². The zero-order valence-corrected chi connectivity index (χ0v) is 20.2. The van der Waals surface area contributed by atoms with E-state index < -0.39 is 0 Å². The number of likely N-dealkylation sites (tertiary alicyclic amines) is 1. The highest BCUT2D eigenvalue weighted by molar-refractivity contribution is 7.51. The Bertz CT molecular complexity index is 1150. The molecular formula is C24H31N6OP. The molecule has 0 aliphatic carbocycles. The number of amides is 1. The SMILES string of the molecule is CCNC1CCN(C2=CN3C(=O)C=C(c4cc5c(C)nc(C)cn5n4)PC3C(C)=C2)CC1. The summed E-state index contributed by atoms with van der Waals surface area (Å²) in [7, 11) is 0.468. The van der Waals surface area contributed by atoms with Crippen LogP contribution in [0, 0.1) is 13.8 Å². The molecule has 0 spiro atoms. The molecule has 5 rings (SSSR count). The quantitative estimate of drug-likeness (QED) is 0.724. The molecule has 2 aromatic rings. The van der Waals surface area contributed by atoms with Crippen molar-refractivity contribution in [2.24, 2.45) is 0 Å². The molecular weight excluding hydrogens is 419 g/mol. The third-order valence-corrected chi connectivity index (χ3v) is 8.28. The van der Waals surface area contributed by atoms with Crippen LogP contribution in [0.4, 0.5) is 0 Å². The summed E-state index contributed by atoms with van der Waals surface area (Å²) in [5.41, 5.74) is 6.16. The Morgan fingerprint density at radius 1 is 1.19 bits per heavy atom. The fraction of sp³-hybridized carbons (Fsp3) is 0.458. The Hall–Kier alpha value is -2.50. The van der Waals surface area contributed by atoms with Crippen molar-refractivity contribution in [2.75, 3.05) is 19.6 Å². The van der Waals surface area contributed by atoms with Gasteiger partial charge in [0, 0.05) is 36.7 Å². The summed E-state index contributed by atoms with van der Waals surface area (Å²) in [4.78, 5) is 22.1. The van der Waals surface area contributed by atoms with Crippen molar-refractivity contribution in [3.8, 4) is 0 Å². The average Bonchev–Trinajstić information content (AvgIpc) is 3.19. The van der Waals surface area contributed by atoms with Crippen molar-refractivity contribution < 1.29 is 4.79 Å². The second-order valence-electron chi connectivity index (χ2n) is 8.94. The second-order valence-corrected chi connectivity index (χ2v) is 10.3. The second kappa shape index (κ2) is 8.45. The maximum atomic E-state index is 13.2. The first-order valence-electron chi connectivity index (χ1n) is 11.5. The lowest BCUT2D eigenvalue weighted by Gasteiger charge is -2.40. The molecule has 3 aliphatic heterocycles. The van der Waals surface area contributed by atoms with E-state index in [9.17, 15) is 4.79 Å². The number of hydrogen-bond donors (Lipinski definition) is 1. The van der Waals surface area contributed by atoms with Gasteiger partial charge in [-0.15, -0.1) is 0 Å². The van der Waals surface area contributed by atoms with Gasteiger partial charge in [0.15, 0.2) is 0 Å². The molecule has 1 amide bonds. The zero-order valence-electron chi connectivity index (χ0n) is 19.2. The van der Waals surface area contributed by atoms with Gasteiger partial charge in [0.25, 0.3) is 5.91 Å². The molecule has 3 aliphatic rings. The maximum Gasteiger partial charge on any atom is 0.252 e. The summed E-state index contributed by atoms with van der Waals surface area (Å²) in [6.07, 6.45) is 10.3. The van der Waals surface area contributed by atoms with E-state index in [1.807, 2.05) is 29.5 Å².